The Morgan fingerprint density at radius 2 is 1.73 bits per heavy atom. The van der Waals surface area contributed by atoms with Crippen LogP contribution in [0.4, 0.5) is 5.13 Å². The smallest absolute Gasteiger partial charge is 0.339 e. The van der Waals surface area contributed by atoms with Gasteiger partial charge >= 0.3 is 10.1 Å². The van der Waals surface area contributed by atoms with E-state index in [1.807, 2.05) is 6.92 Å². The molecule has 0 spiro atoms. The van der Waals surface area contributed by atoms with Gasteiger partial charge in [-0.3, -0.25) is 0 Å². The summed E-state index contributed by atoms with van der Waals surface area (Å²) >= 11 is 1.30. The molecular formula is C17H16N4O3S2. The van der Waals surface area contributed by atoms with Gasteiger partial charge in [0.2, 0.25) is 5.13 Å². The van der Waals surface area contributed by atoms with Crippen LogP contribution in [0.1, 0.15) is 5.56 Å². The summed E-state index contributed by atoms with van der Waals surface area (Å²) in [6.07, 6.45) is 0. The number of benzene rings is 2. The van der Waals surface area contributed by atoms with Crippen LogP contribution in [0, 0.1) is 6.92 Å². The molecule has 0 amide bonds. The molecule has 0 saturated carbocycles. The van der Waals surface area contributed by atoms with Crippen molar-refractivity contribution in [2.45, 2.75) is 11.8 Å². The highest BCUT2D eigenvalue weighted by molar-refractivity contribution is 7.87. The highest BCUT2D eigenvalue weighted by atomic mass is 32.2. The Labute approximate surface area is 155 Å². The van der Waals surface area contributed by atoms with Gasteiger partial charge in [-0.05, 0) is 43.3 Å². The largest absolute Gasteiger partial charge is 0.379 e. The van der Waals surface area contributed by atoms with Crippen LogP contribution in [0.25, 0.3) is 11.3 Å². The summed E-state index contributed by atoms with van der Waals surface area (Å²) in [5.41, 5.74) is 13.1. The minimum atomic E-state index is -3.88. The molecule has 9 heteroatoms. The number of nitrogens with two attached hydrogens (primary N) is 2. The van der Waals surface area contributed by atoms with Crippen molar-refractivity contribution in [3.63, 3.8) is 0 Å². The van der Waals surface area contributed by atoms with Gasteiger partial charge in [0.1, 0.15) is 10.6 Å². The zero-order chi connectivity index (χ0) is 18.7. The van der Waals surface area contributed by atoms with Crippen LogP contribution in [0.15, 0.2) is 63.8 Å². The highest BCUT2D eigenvalue weighted by Gasteiger charge is 2.16. The second-order valence-corrected chi connectivity index (χ2v) is 7.81. The van der Waals surface area contributed by atoms with Crippen LogP contribution < -0.4 is 15.7 Å². The number of hydrogen-bond acceptors (Lipinski definition) is 6. The summed E-state index contributed by atoms with van der Waals surface area (Å²) in [6, 6.07) is 13.0. The van der Waals surface area contributed by atoms with E-state index in [1.165, 1.54) is 23.5 Å². The van der Waals surface area contributed by atoms with E-state index >= 15 is 0 Å². The first-order valence-electron chi connectivity index (χ1n) is 7.50. The summed E-state index contributed by atoms with van der Waals surface area (Å²) in [4.78, 5) is 8.28. The molecule has 0 atom stereocenters. The molecule has 4 N–H and O–H groups in total. The molecule has 0 unspecified atom stereocenters. The summed E-state index contributed by atoms with van der Waals surface area (Å²) in [7, 11) is -3.88. The molecule has 134 valence electrons. The van der Waals surface area contributed by atoms with Gasteiger partial charge in [-0.15, -0.1) is 11.3 Å². The Morgan fingerprint density at radius 3 is 2.35 bits per heavy atom. The molecular weight excluding hydrogens is 372 g/mol. The first kappa shape index (κ1) is 17.9. The molecule has 2 aromatic carbocycles. The maximum atomic E-state index is 12.3. The quantitative estimate of drug-likeness (QED) is 0.394. The van der Waals surface area contributed by atoms with Gasteiger partial charge in [0.15, 0.2) is 5.96 Å². The van der Waals surface area contributed by atoms with E-state index in [-0.39, 0.29) is 16.6 Å². The predicted octanol–water partition coefficient (Wildman–Crippen LogP) is 2.79. The summed E-state index contributed by atoms with van der Waals surface area (Å²) in [5.74, 6) is 0.157. The standard InChI is InChI=1S/C17H16N4O3S2/c1-11-2-8-14(9-3-11)26(22,23)24-13-6-4-12(5-7-13)15-10-25-17(20-15)21-16(18)19/h2-10H,1H3,(H4,18,19,20,21). The van der Waals surface area contributed by atoms with Gasteiger partial charge in [0, 0.05) is 10.9 Å². The SMILES string of the molecule is Cc1ccc(S(=O)(=O)Oc2ccc(-c3csc(N=C(N)N)n3)cc2)cc1. The fourth-order valence-corrected chi connectivity index (χ4v) is 3.76. The molecule has 0 saturated heterocycles. The lowest BCUT2D eigenvalue weighted by Crippen LogP contribution is -2.21. The normalized spacial score (nSPS) is 11.1. The van der Waals surface area contributed by atoms with Crippen molar-refractivity contribution < 1.29 is 12.6 Å². The number of aryl methyl sites for hydroxylation is 1. The third kappa shape index (κ3) is 4.19. The van der Waals surface area contributed by atoms with Gasteiger partial charge in [-0.25, -0.2) is 4.98 Å². The van der Waals surface area contributed by atoms with Crippen molar-refractivity contribution in [1.29, 1.82) is 0 Å². The van der Waals surface area contributed by atoms with Crippen LogP contribution in [0.2, 0.25) is 0 Å². The van der Waals surface area contributed by atoms with E-state index in [1.54, 1.807) is 41.8 Å². The van der Waals surface area contributed by atoms with Crippen molar-refractivity contribution in [3.05, 3.63) is 59.5 Å². The van der Waals surface area contributed by atoms with E-state index in [4.69, 9.17) is 15.7 Å². The third-order valence-corrected chi connectivity index (χ3v) is 5.38. The van der Waals surface area contributed by atoms with Crippen molar-refractivity contribution in [1.82, 2.24) is 4.98 Å². The molecule has 0 fully saturated rings. The fraction of sp³-hybridized carbons (Fsp3) is 0.0588. The first-order valence-corrected chi connectivity index (χ1v) is 9.79. The summed E-state index contributed by atoms with van der Waals surface area (Å²) < 4.78 is 29.8. The Kier molecular flexibility index (Phi) is 4.92. The maximum absolute atomic E-state index is 12.3. The van der Waals surface area contributed by atoms with E-state index < -0.39 is 10.1 Å². The number of guanidine groups is 1. The van der Waals surface area contributed by atoms with Gasteiger partial charge in [0.05, 0.1) is 5.69 Å². The van der Waals surface area contributed by atoms with Crippen LogP contribution in [0.3, 0.4) is 0 Å². The fourth-order valence-electron chi connectivity index (χ4n) is 2.12. The van der Waals surface area contributed by atoms with Crippen molar-refractivity contribution in [2.24, 2.45) is 16.5 Å². The second kappa shape index (κ2) is 7.14. The lowest BCUT2D eigenvalue weighted by atomic mass is 10.2. The Hall–Kier alpha value is -2.91. The first-order chi connectivity index (χ1) is 12.3. The van der Waals surface area contributed by atoms with E-state index in [2.05, 4.69) is 9.98 Å². The van der Waals surface area contributed by atoms with Crippen molar-refractivity contribution in [2.75, 3.05) is 0 Å². The number of rotatable bonds is 5. The molecule has 7 nitrogen and oxygen atoms in total. The van der Waals surface area contributed by atoms with Crippen LogP contribution in [-0.2, 0) is 10.1 Å². The molecule has 0 aliphatic carbocycles. The Bertz CT molecular complexity index is 1040. The van der Waals surface area contributed by atoms with Crippen LogP contribution in [0.5, 0.6) is 5.75 Å². The predicted molar refractivity (Wildman–Crippen MR) is 102 cm³/mol. The van der Waals surface area contributed by atoms with E-state index in [9.17, 15) is 8.42 Å². The zero-order valence-electron chi connectivity index (χ0n) is 13.8. The number of aromatic nitrogens is 1. The van der Waals surface area contributed by atoms with Gasteiger partial charge in [-0.2, -0.15) is 13.4 Å². The Morgan fingerprint density at radius 1 is 1.08 bits per heavy atom. The molecule has 0 radical (unpaired) electrons. The average Bonchev–Trinajstić information content (AvgIpc) is 3.03. The number of aliphatic imine (C=N–C) groups is 1. The molecule has 1 aromatic heterocycles. The minimum Gasteiger partial charge on any atom is -0.379 e. The molecule has 0 bridgehead atoms. The second-order valence-electron chi connectivity index (χ2n) is 5.43. The topological polar surface area (TPSA) is 121 Å². The summed E-state index contributed by atoms with van der Waals surface area (Å²) in [6.45, 7) is 1.88. The highest BCUT2D eigenvalue weighted by Crippen LogP contribution is 2.28. The monoisotopic (exact) mass is 388 g/mol. The minimum absolute atomic E-state index is 0.0593. The molecule has 1 heterocycles. The van der Waals surface area contributed by atoms with Crippen LogP contribution in [-0.4, -0.2) is 19.4 Å². The average molecular weight is 388 g/mol. The Balaban J connectivity index is 1.78. The van der Waals surface area contributed by atoms with Gasteiger partial charge < -0.3 is 15.7 Å². The molecule has 3 rings (SSSR count). The maximum Gasteiger partial charge on any atom is 0.339 e. The van der Waals surface area contributed by atoms with Gasteiger partial charge in [0.25, 0.3) is 0 Å². The third-order valence-electron chi connectivity index (χ3n) is 3.38. The van der Waals surface area contributed by atoms with E-state index in [0.717, 1.165) is 11.1 Å². The lowest BCUT2D eigenvalue weighted by molar-refractivity contribution is 0.486. The van der Waals surface area contributed by atoms with E-state index in [0.29, 0.717) is 10.8 Å². The number of thiazole rings is 1. The van der Waals surface area contributed by atoms with Crippen LogP contribution >= 0.6 is 11.3 Å². The molecule has 3 aromatic rings. The molecule has 0 aliphatic rings. The van der Waals surface area contributed by atoms with Crippen molar-refractivity contribution in [3.8, 4) is 17.0 Å². The molecule has 26 heavy (non-hydrogen) atoms. The van der Waals surface area contributed by atoms with Crippen molar-refractivity contribution >= 4 is 32.5 Å². The number of hydrogen-bond donors (Lipinski definition) is 2. The lowest BCUT2D eigenvalue weighted by Gasteiger charge is -2.07. The summed E-state index contributed by atoms with van der Waals surface area (Å²) in [5, 5.41) is 2.25. The number of nitrogens with zero attached hydrogens (tertiary/aromatic N) is 2. The van der Waals surface area contributed by atoms with Gasteiger partial charge in [-0.1, -0.05) is 17.7 Å². The zero-order valence-corrected chi connectivity index (χ0v) is 15.4. The molecule has 0 aliphatic heterocycles.